The van der Waals surface area contributed by atoms with Gasteiger partial charge in [-0.15, -0.1) is 0 Å². The van der Waals surface area contributed by atoms with Crippen LogP contribution in [0.15, 0.2) is 53.4 Å². The smallest absolute Gasteiger partial charge is 0.302 e. The maximum absolute atomic E-state index is 12.8. The highest BCUT2D eigenvalue weighted by molar-refractivity contribution is 7.92. The first kappa shape index (κ1) is 26.0. The van der Waals surface area contributed by atoms with Crippen molar-refractivity contribution in [1.29, 1.82) is 0 Å². The van der Waals surface area contributed by atoms with E-state index in [1.165, 1.54) is 33.1 Å². The molecule has 0 aliphatic heterocycles. The average molecular weight is 479 g/mol. The first-order chi connectivity index (χ1) is 15.5. The molecule has 2 aromatic carbocycles. The molecule has 2 unspecified atom stereocenters. The third-order valence-electron chi connectivity index (χ3n) is 4.51. The molecular weight excluding hydrogens is 448 g/mol. The first-order valence-electron chi connectivity index (χ1n) is 10.4. The lowest BCUT2D eigenvalue weighted by Crippen LogP contribution is -2.39. The molecule has 2 rings (SSSR count). The van der Waals surface area contributed by atoms with Gasteiger partial charge in [-0.05, 0) is 44.2 Å². The van der Waals surface area contributed by atoms with Crippen LogP contribution < -0.4 is 14.4 Å². The predicted molar refractivity (Wildman–Crippen MR) is 125 cm³/mol. The maximum Gasteiger partial charge on any atom is 0.302 e. The van der Waals surface area contributed by atoms with Crippen LogP contribution >= 0.6 is 0 Å². The van der Waals surface area contributed by atoms with E-state index in [4.69, 9.17) is 14.2 Å². The van der Waals surface area contributed by atoms with Crippen LogP contribution in [0.2, 0.25) is 0 Å². The number of sulfonamides is 1. The van der Waals surface area contributed by atoms with Gasteiger partial charge in [0.15, 0.2) is 0 Å². The van der Waals surface area contributed by atoms with Crippen molar-refractivity contribution in [3.8, 4) is 5.75 Å². The molecule has 1 N–H and O–H groups in total. The van der Waals surface area contributed by atoms with E-state index in [0.717, 1.165) is 0 Å². The van der Waals surface area contributed by atoms with Crippen molar-refractivity contribution in [2.24, 2.45) is 0 Å². The number of benzene rings is 2. The monoisotopic (exact) mass is 478 g/mol. The zero-order valence-corrected chi connectivity index (χ0v) is 20.2. The highest BCUT2D eigenvalue weighted by Crippen LogP contribution is 2.33. The summed E-state index contributed by atoms with van der Waals surface area (Å²) in [7, 11) is -2.31. The fraction of sp³-hybridized carbons (Fsp3) is 0.391. The summed E-state index contributed by atoms with van der Waals surface area (Å²) in [5.74, 6) is -0.374. The molecule has 9 nitrogen and oxygen atoms in total. The molecule has 180 valence electrons. The van der Waals surface area contributed by atoms with Gasteiger partial charge >= 0.3 is 11.9 Å². The minimum absolute atomic E-state index is 0.131. The van der Waals surface area contributed by atoms with Crippen molar-refractivity contribution < 1.29 is 32.2 Å². The van der Waals surface area contributed by atoms with Gasteiger partial charge in [0.2, 0.25) is 0 Å². The molecule has 0 aliphatic rings. The topological polar surface area (TPSA) is 111 Å². The summed E-state index contributed by atoms with van der Waals surface area (Å²) in [6.07, 6.45) is -0.970. The minimum atomic E-state index is -3.80. The molecule has 0 fully saturated rings. The zero-order chi connectivity index (χ0) is 24.6. The van der Waals surface area contributed by atoms with Gasteiger partial charge in [0.05, 0.1) is 36.5 Å². The normalized spacial score (nSPS) is 12.9. The van der Waals surface area contributed by atoms with Crippen LogP contribution in [0.1, 0.15) is 27.7 Å². The standard InChI is InChI=1S/C23H30N2O7S/c1-16(31-18(3)26)14-25(15-17(2)32-19(4)27)22-13-20(11-12-23(22)30-5)24-33(28,29)21-9-7-6-8-10-21/h6-13,16-17,24H,14-15H2,1-5H3. The quantitative estimate of drug-likeness (QED) is 0.490. The Bertz CT molecular complexity index is 1030. The average Bonchev–Trinajstić information content (AvgIpc) is 2.72. The largest absolute Gasteiger partial charge is 0.495 e. The van der Waals surface area contributed by atoms with Crippen molar-refractivity contribution >= 4 is 33.3 Å². The lowest BCUT2D eigenvalue weighted by molar-refractivity contribution is -0.145. The Labute approximate surface area is 194 Å². The predicted octanol–water partition coefficient (Wildman–Crippen LogP) is 3.21. The third kappa shape index (κ3) is 7.98. The minimum Gasteiger partial charge on any atom is -0.495 e. The van der Waals surface area contributed by atoms with Gasteiger partial charge in [-0.1, -0.05) is 18.2 Å². The number of esters is 2. The molecule has 10 heteroatoms. The fourth-order valence-corrected chi connectivity index (χ4v) is 4.42. The third-order valence-corrected chi connectivity index (χ3v) is 5.91. The Morgan fingerprint density at radius 1 is 0.939 bits per heavy atom. The van der Waals surface area contributed by atoms with E-state index < -0.39 is 34.2 Å². The number of hydrogen-bond acceptors (Lipinski definition) is 8. The number of hydrogen-bond donors (Lipinski definition) is 1. The number of methoxy groups -OCH3 is 1. The van der Waals surface area contributed by atoms with Crippen LogP contribution in [0, 0.1) is 0 Å². The Morgan fingerprint density at radius 2 is 1.48 bits per heavy atom. The summed E-state index contributed by atoms with van der Waals surface area (Å²) in [5, 5.41) is 0. The summed E-state index contributed by atoms with van der Waals surface area (Å²) in [4.78, 5) is 24.7. The van der Waals surface area contributed by atoms with E-state index in [9.17, 15) is 18.0 Å². The van der Waals surface area contributed by atoms with Crippen molar-refractivity contribution in [1.82, 2.24) is 0 Å². The Hall–Kier alpha value is -3.27. The van der Waals surface area contributed by atoms with E-state index in [-0.39, 0.29) is 18.0 Å². The maximum atomic E-state index is 12.8. The molecule has 0 saturated heterocycles. The van der Waals surface area contributed by atoms with Crippen molar-refractivity contribution in [2.45, 2.75) is 44.8 Å². The molecular formula is C23H30N2O7S. The van der Waals surface area contributed by atoms with Crippen LogP contribution in [0.25, 0.3) is 0 Å². The molecule has 0 bridgehead atoms. The number of nitrogens with zero attached hydrogens (tertiary/aromatic N) is 1. The van der Waals surface area contributed by atoms with Crippen molar-refractivity contribution in [3.05, 3.63) is 48.5 Å². The van der Waals surface area contributed by atoms with Crippen LogP contribution in [-0.4, -0.2) is 52.8 Å². The van der Waals surface area contributed by atoms with Crippen molar-refractivity contribution in [2.75, 3.05) is 29.8 Å². The second-order valence-corrected chi connectivity index (χ2v) is 9.23. The summed E-state index contributed by atoms with van der Waals surface area (Å²) in [5.41, 5.74) is 0.865. The van der Waals surface area contributed by atoms with E-state index >= 15 is 0 Å². The zero-order valence-electron chi connectivity index (χ0n) is 19.4. The fourth-order valence-electron chi connectivity index (χ4n) is 3.35. The van der Waals surface area contributed by atoms with Gasteiger partial charge in [0.1, 0.15) is 18.0 Å². The summed E-state index contributed by atoms with van der Waals surface area (Å²) < 4.78 is 44.1. The lowest BCUT2D eigenvalue weighted by Gasteiger charge is -2.31. The molecule has 0 amide bonds. The summed E-state index contributed by atoms with van der Waals surface area (Å²) in [6.45, 7) is 6.63. The van der Waals surface area contributed by atoms with Crippen LogP contribution in [0.3, 0.4) is 0 Å². The Kier molecular flexibility index (Phi) is 9.10. The highest BCUT2D eigenvalue weighted by atomic mass is 32.2. The van der Waals surface area contributed by atoms with Gasteiger partial charge in [0, 0.05) is 13.8 Å². The molecule has 33 heavy (non-hydrogen) atoms. The highest BCUT2D eigenvalue weighted by Gasteiger charge is 2.22. The Morgan fingerprint density at radius 3 is 1.97 bits per heavy atom. The molecule has 0 radical (unpaired) electrons. The van der Waals surface area contributed by atoms with Gasteiger partial charge in [-0.25, -0.2) is 8.42 Å². The van der Waals surface area contributed by atoms with E-state index in [2.05, 4.69) is 4.72 Å². The van der Waals surface area contributed by atoms with Gasteiger partial charge in [-0.2, -0.15) is 0 Å². The van der Waals surface area contributed by atoms with E-state index in [1.54, 1.807) is 50.2 Å². The number of carbonyl (C=O) groups excluding carboxylic acids is 2. The molecule has 0 spiro atoms. The van der Waals surface area contributed by atoms with Crippen LogP contribution in [0.5, 0.6) is 5.75 Å². The SMILES string of the molecule is COc1ccc(NS(=O)(=O)c2ccccc2)cc1N(CC(C)OC(C)=O)CC(C)OC(C)=O. The molecule has 0 heterocycles. The molecule has 0 aromatic heterocycles. The second kappa shape index (κ2) is 11.6. The van der Waals surface area contributed by atoms with Gasteiger partial charge < -0.3 is 19.1 Å². The van der Waals surface area contributed by atoms with Crippen molar-refractivity contribution in [3.63, 3.8) is 0 Å². The summed E-state index contributed by atoms with van der Waals surface area (Å²) in [6, 6.07) is 12.9. The number of carbonyl (C=O) groups is 2. The molecule has 0 aliphatic carbocycles. The number of nitrogens with one attached hydrogen (secondary N) is 1. The second-order valence-electron chi connectivity index (χ2n) is 7.55. The van der Waals surface area contributed by atoms with Crippen LogP contribution in [-0.2, 0) is 29.1 Å². The first-order valence-corrected chi connectivity index (χ1v) is 11.9. The Balaban J connectivity index is 2.40. The van der Waals surface area contributed by atoms with Gasteiger partial charge in [0.25, 0.3) is 10.0 Å². The summed E-state index contributed by atoms with van der Waals surface area (Å²) >= 11 is 0. The number of anilines is 2. The molecule has 2 aromatic rings. The van der Waals surface area contributed by atoms with E-state index in [1.807, 2.05) is 4.90 Å². The number of ether oxygens (including phenoxy) is 3. The van der Waals surface area contributed by atoms with Gasteiger partial charge in [-0.3, -0.25) is 14.3 Å². The lowest BCUT2D eigenvalue weighted by atomic mass is 10.2. The molecule has 0 saturated carbocycles. The van der Waals surface area contributed by atoms with Crippen LogP contribution in [0.4, 0.5) is 11.4 Å². The number of rotatable bonds is 11. The molecule has 2 atom stereocenters. The van der Waals surface area contributed by atoms with E-state index in [0.29, 0.717) is 17.1 Å².